The van der Waals surface area contributed by atoms with Crippen LogP contribution in [0.1, 0.15) is 55.8 Å². The number of thiophene rings is 1. The van der Waals surface area contributed by atoms with E-state index < -0.39 is 0 Å². The highest BCUT2D eigenvalue weighted by molar-refractivity contribution is 7.12. The van der Waals surface area contributed by atoms with Crippen LogP contribution in [-0.2, 0) is 6.42 Å². The van der Waals surface area contributed by atoms with Crippen LogP contribution in [0.3, 0.4) is 0 Å². The zero-order valence-corrected chi connectivity index (χ0v) is 12.7. The number of aryl methyl sites for hydroxylation is 1. The Labute approximate surface area is 115 Å². The lowest BCUT2D eigenvalue weighted by Gasteiger charge is -2.19. The Hall–Kier alpha value is -0.380. The molecule has 1 aromatic heterocycles. The largest absolute Gasteiger partial charge is 0.396 e. The van der Waals surface area contributed by atoms with Crippen molar-refractivity contribution in [2.75, 3.05) is 13.2 Å². The Morgan fingerprint density at radius 3 is 2.61 bits per heavy atom. The van der Waals surface area contributed by atoms with E-state index in [1.807, 2.05) is 11.3 Å². The molecule has 0 saturated carbocycles. The second-order valence-electron chi connectivity index (χ2n) is 4.95. The summed E-state index contributed by atoms with van der Waals surface area (Å²) in [5.41, 5.74) is 0. The zero-order chi connectivity index (χ0) is 13.4. The van der Waals surface area contributed by atoms with Crippen molar-refractivity contribution in [2.24, 2.45) is 5.92 Å². The minimum Gasteiger partial charge on any atom is -0.396 e. The molecule has 1 rings (SSSR count). The minimum absolute atomic E-state index is 0.305. The van der Waals surface area contributed by atoms with Gasteiger partial charge in [0.25, 0.3) is 0 Å². The lowest BCUT2D eigenvalue weighted by molar-refractivity contribution is 0.246. The monoisotopic (exact) mass is 269 g/mol. The molecule has 2 N–H and O–H groups in total. The van der Waals surface area contributed by atoms with Gasteiger partial charge < -0.3 is 10.4 Å². The fourth-order valence-corrected chi connectivity index (χ4v) is 3.18. The minimum atomic E-state index is 0.305. The Morgan fingerprint density at radius 1 is 1.28 bits per heavy atom. The number of rotatable bonds is 9. The van der Waals surface area contributed by atoms with E-state index in [1.54, 1.807) is 0 Å². The van der Waals surface area contributed by atoms with E-state index >= 15 is 0 Å². The molecule has 0 radical (unpaired) electrons. The van der Waals surface area contributed by atoms with Gasteiger partial charge in [0.1, 0.15) is 0 Å². The molecule has 2 nitrogen and oxygen atoms in total. The van der Waals surface area contributed by atoms with Crippen molar-refractivity contribution in [2.45, 2.75) is 52.5 Å². The number of aliphatic hydroxyl groups is 1. The van der Waals surface area contributed by atoms with Gasteiger partial charge in [-0.3, -0.25) is 0 Å². The topological polar surface area (TPSA) is 32.3 Å². The summed E-state index contributed by atoms with van der Waals surface area (Å²) in [5, 5.41) is 12.7. The Bertz CT molecular complexity index is 318. The molecule has 0 bridgehead atoms. The van der Waals surface area contributed by atoms with Crippen LogP contribution in [0, 0.1) is 5.92 Å². The molecule has 18 heavy (non-hydrogen) atoms. The first kappa shape index (κ1) is 15.7. The van der Waals surface area contributed by atoms with E-state index in [0.29, 0.717) is 18.6 Å². The summed E-state index contributed by atoms with van der Waals surface area (Å²) in [6, 6.07) is 4.89. The number of hydrogen-bond acceptors (Lipinski definition) is 3. The smallest absolute Gasteiger partial charge is 0.0434 e. The van der Waals surface area contributed by atoms with Crippen molar-refractivity contribution < 1.29 is 5.11 Å². The van der Waals surface area contributed by atoms with Gasteiger partial charge in [0.2, 0.25) is 0 Å². The summed E-state index contributed by atoms with van der Waals surface area (Å²) in [7, 11) is 0. The van der Waals surface area contributed by atoms with Crippen LogP contribution in [-0.4, -0.2) is 18.3 Å². The first-order chi connectivity index (χ1) is 8.71. The molecular weight excluding hydrogens is 242 g/mol. The second kappa shape index (κ2) is 8.68. The fourth-order valence-electron chi connectivity index (χ4n) is 2.20. The lowest BCUT2D eigenvalue weighted by atomic mass is 10.00. The standard InChI is InChI=1S/C15H27NOS/c1-4-6-13(9-10-17)11-16-12(3)15-8-7-14(5-2)18-15/h7-8,12-13,16-17H,4-6,9-11H2,1-3H3. The average molecular weight is 269 g/mol. The average Bonchev–Trinajstić information content (AvgIpc) is 2.85. The van der Waals surface area contributed by atoms with Gasteiger partial charge in [-0.1, -0.05) is 20.3 Å². The van der Waals surface area contributed by atoms with Crippen LogP contribution < -0.4 is 5.32 Å². The SMILES string of the molecule is CCCC(CCO)CNC(C)c1ccc(CC)s1. The Morgan fingerprint density at radius 2 is 2.06 bits per heavy atom. The Balaban J connectivity index is 2.40. The van der Waals surface area contributed by atoms with Gasteiger partial charge in [-0.15, -0.1) is 11.3 Å². The molecule has 2 unspecified atom stereocenters. The second-order valence-corrected chi connectivity index (χ2v) is 6.15. The third-order valence-corrected chi connectivity index (χ3v) is 4.82. The van der Waals surface area contributed by atoms with E-state index in [1.165, 1.54) is 22.6 Å². The molecule has 3 heteroatoms. The summed E-state index contributed by atoms with van der Waals surface area (Å²) in [5.74, 6) is 0.605. The molecule has 0 aromatic carbocycles. The molecule has 0 amide bonds. The molecule has 0 aliphatic heterocycles. The molecule has 104 valence electrons. The van der Waals surface area contributed by atoms with Crippen molar-refractivity contribution >= 4 is 11.3 Å². The maximum Gasteiger partial charge on any atom is 0.0434 e. The van der Waals surface area contributed by atoms with Crippen LogP contribution in [0.2, 0.25) is 0 Å². The summed E-state index contributed by atoms with van der Waals surface area (Å²) >= 11 is 1.91. The van der Waals surface area contributed by atoms with Crippen LogP contribution in [0.25, 0.3) is 0 Å². The van der Waals surface area contributed by atoms with Crippen LogP contribution >= 0.6 is 11.3 Å². The third kappa shape index (κ3) is 5.09. The van der Waals surface area contributed by atoms with Crippen molar-refractivity contribution in [3.63, 3.8) is 0 Å². The van der Waals surface area contributed by atoms with Gasteiger partial charge in [-0.25, -0.2) is 0 Å². The summed E-state index contributed by atoms with van der Waals surface area (Å²) in [6.45, 7) is 7.95. The number of aliphatic hydroxyl groups excluding tert-OH is 1. The van der Waals surface area contributed by atoms with Gasteiger partial charge >= 0.3 is 0 Å². The van der Waals surface area contributed by atoms with Crippen molar-refractivity contribution in [3.05, 3.63) is 21.9 Å². The van der Waals surface area contributed by atoms with E-state index in [-0.39, 0.29) is 0 Å². The van der Waals surface area contributed by atoms with Crippen molar-refractivity contribution in [1.29, 1.82) is 0 Å². The molecule has 0 aliphatic rings. The van der Waals surface area contributed by atoms with Crippen LogP contribution in [0.15, 0.2) is 12.1 Å². The van der Waals surface area contributed by atoms with Gasteiger partial charge in [0, 0.05) is 22.4 Å². The molecule has 1 aromatic rings. The quantitative estimate of drug-likeness (QED) is 0.715. The van der Waals surface area contributed by atoms with Crippen LogP contribution in [0.5, 0.6) is 0 Å². The third-order valence-electron chi connectivity index (χ3n) is 3.40. The maximum absolute atomic E-state index is 9.06. The van der Waals surface area contributed by atoms with E-state index in [2.05, 4.69) is 38.2 Å². The number of hydrogen-bond donors (Lipinski definition) is 2. The van der Waals surface area contributed by atoms with Gasteiger partial charge in [-0.05, 0) is 50.8 Å². The van der Waals surface area contributed by atoms with Gasteiger partial charge in [0.05, 0.1) is 0 Å². The van der Waals surface area contributed by atoms with E-state index in [9.17, 15) is 0 Å². The molecular formula is C15H27NOS. The highest BCUT2D eigenvalue weighted by Gasteiger charge is 2.11. The normalized spacial score (nSPS) is 14.7. The molecule has 0 fully saturated rings. The molecule has 2 atom stereocenters. The molecule has 1 heterocycles. The predicted molar refractivity (Wildman–Crippen MR) is 80.2 cm³/mol. The first-order valence-electron chi connectivity index (χ1n) is 7.14. The lowest BCUT2D eigenvalue weighted by Crippen LogP contribution is -2.26. The molecule has 0 aliphatic carbocycles. The summed E-state index contributed by atoms with van der Waals surface area (Å²) in [4.78, 5) is 2.88. The Kier molecular flexibility index (Phi) is 7.56. The highest BCUT2D eigenvalue weighted by atomic mass is 32.1. The predicted octanol–water partition coefficient (Wildman–Crippen LogP) is 3.76. The van der Waals surface area contributed by atoms with Crippen molar-refractivity contribution in [3.8, 4) is 0 Å². The van der Waals surface area contributed by atoms with E-state index in [0.717, 1.165) is 19.4 Å². The van der Waals surface area contributed by atoms with Crippen LogP contribution in [0.4, 0.5) is 0 Å². The van der Waals surface area contributed by atoms with E-state index in [4.69, 9.17) is 5.11 Å². The zero-order valence-electron chi connectivity index (χ0n) is 11.9. The first-order valence-corrected chi connectivity index (χ1v) is 7.95. The summed E-state index contributed by atoms with van der Waals surface area (Å²) in [6.07, 6.45) is 4.43. The maximum atomic E-state index is 9.06. The van der Waals surface area contributed by atoms with Gasteiger partial charge in [0.15, 0.2) is 0 Å². The van der Waals surface area contributed by atoms with Gasteiger partial charge in [-0.2, -0.15) is 0 Å². The molecule has 0 spiro atoms. The fraction of sp³-hybridized carbons (Fsp3) is 0.733. The summed E-state index contributed by atoms with van der Waals surface area (Å²) < 4.78 is 0. The number of nitrogens with one attached hydrogen (secondary N) is 1. The molecule has 0 saturated heterocycles. The van der Waals surface area contributed by atoms with Crippen molar-refractivity contribution in [1.82, 2.24) is 5.32 Å². The highest BCUT2D eigenvalue weighted by Crippen LogP contribution is 2.24.